The minimum absolute atomic E-state index is 0.111. The molecule has 1 saturated carbocycles. The first-order chi connectivity index (χ1) is 9.97. The van der Waals surface area contributed by atoms with Gasteiger partial charge in [-0.15, -0.1) is 0 Å². The van der Waals surface area contributed by atoms with Crippen molar-refractivity contribution < 1.29 is 9.72 Å². The molecule has 114 valence electrons. The lowest BCUT2D eigenvalue weighted by Crippen LogP contribution is -2.39. The van der Waals surface area contributed by atoms with Crippen molar-refractivity contribution >= 4 is 23.2 Å². The summed E-state index contributed by atoms with van der Waals surface area (Å²) in [5.41, 5.74) is 5.96. The largest absolute Gasteiger partial charge is 0.369 e. The molecule has 1 aromatic rings. The molecule has 1 fully saturated rings. The lowest BCUT2D eigenvalue weighted by atomic mass is 10.1. The summed E-state index contributed by atoms with van der Waals surface area (Å²) >= 11 is 5.81. The van der Waals surface area contributed by atoms with Crippen molar-refractivity contribution in [2.45, 2.75) is 38.3 Å². The Labute approximate surface area is 128 Å². The molecule has 0 heterocycles. The number of nitro benzene ring substituents is 1. The Bertz CT molecular complexity index is 544. The van der Waals surface area contributed by atoms with E-state index >= 15 is 0 Å². The second-order valence-electron chi connectivity index (χ2n) is 5.35. The number of nitrogens with zero attached hydrogens (tertiary/aromatic N) is 2. The van der Waals surface area contributed by atoms with Crippen LogP contribution in [-0.4, -0.2) is 28.3 Å². The van der Waals surface area contributed by atoms with Crippen LogP contribution in [0.2, 0.25) is 5.02 Å². The summed E-state index contributed by atoms with van der Waals surface area (Å²) in [6, 6.07) is 5.04. The number of hydrogen-bond donors (Lipinski definition) is 1. The van der Waals surface area contributed by atoms with Crippen molar-refractivity contribution in [3.63, 3.8) is 0 Å². The summed E-state index contributed by atoms with van der Waals surface area (Å²) < 4.78 is 0. The quantitative estimate of drug-likeness (QED) is 0.645. The smallest absolute Gasteiger partial charge is 0.288 e. The molecule has 1 amide bonds. The van der Waals surface area contributed by atoms with Gasteiger partial charge >= 0.3 is 0 Å². The number of carbonyl (C=O) groups is 1. The van der Waals surface area contributed by atoms with Gasteiger partial charge in [-0.05, 0) is 24.5 Å². The van der Waals surface area contributed by atoms with Crippen molar-refractivity contribution in [3.8, 4) is 0 Å². The molecule has 0 bridgehead atoms. The maximum Gasteiger partial charge on any atom is 0.288 e. The summed E-state index contributed by atoms with van der Waals surface area (Å²) in [5, 5.41) is 11.0. The average Bonchev–Trinajstić information content (AvgIpc) is 2.93. The number of halogens is 1. The van der Waals surface area contributed by atoms with Crippen LogP contribution < -0.4 is 5.73 Å². The Morgan fingerprint density at radius 1 is 1.43 bits per heavy atom. The maximum atomic E-state index is 11.2. The first-order valence-electron chi connectivity index (χ1n) is 6.92. The van der Waals surface area contributed by atoms with E-state index in [0.717, 1.165) is 31.2 Å². The molecule has 6 nitrogen and oxygen atoms in total. The zero-order chi connectivity index (χ0) is 15.4. The van der Waals surface area contributed by atoms with Gasteiger partial charge in [0.15, 0.2) is 0 Å². The first-order valence-corrected chi connectivity index (χ1v) is 7.30. The number of nitro groups is 1. The molecule has 0 aliphatic heterocycles. The number of rotatable bonds is 6. The Balaban J connectivity index is 2.17. The van der Waals surface area contributed by atoms with Crippen molar-refractivity contribution in [2.24, 2.45) is 5.73 Å². The minimum Gasteiger partial charge on any atom is -0.369 e. The lowest BCUT2D eigenvalue weighted by molar-refractivity contribution is -0.384. The van der Waals surface area contributed by atoms with Crippen LogP contribution in [-0.2, 0) is 11.3 Å². The van der Waals surface area contributed by atoms with Crippen LogP contribution in [0.1, 0.15) is 31.2 Å². The van der Waals surface area contributed by atoms with E-state index < -0.39 is 4.92 Å². The van der Waals surface area contributed by atoms with Gasteiger partial charge in [0.2, 0.25) is 5.91 Å². The van der Waals surface area contributed by atoms with Crippen molar-refractivity contribution in [3.05, 3.63) is 38.9 Å². The van der Waals surface area contributed by atoms with Gasteiger partial charge in [0.25, 0.3) is 5.69 Å². The molecular weight excluding hydrogens is 294 g/mol. The van der Waals surface area contributed by atoms with Crippen LogP contribution in [0.15, 0.2) is 18.2 Å². The van der Waals surface area contributed by atoms with Crippen LogP contribution in [0, 0.1) is 10.1 Å². The molecule has 1 aliphatic rings. The fourth-order valence-corrected chi connectivity index (χ4v) is 3.00. The van der Waals surface area contributed by atoms with E-state index in [1.807, 2.05) is 4.90 Å². The number of amides is 1. The van der Waals surface area contributed by atoms with Gasteiger partial charge < -0.3 is 5.73 Å². The van der Waals surface area contributed by atoms with Gasteiger partial charge in [-0.2, -0.15) is 0 Å². The SMILES string of the molecule is NC(=O)CN(Cc1ccc(Cl)c([N+](=O)[O-])c1)C1CCCC1. The van der Waals surface area contributed by atoms with Gasteiger partial charge in [0.05, 0.1) is 11.5 Å². The van der Waals surface area contributed by atoms with Gasteiger partial charge in [0, 0.05) is 18.7 Å². The molecule has 0 atom stereocenters. The highest BCUT2D eigenvalue weighted by Crippen LogP contribution is 2.28. The van der Waals surface area contributed by atoms with E-state index in [9.17, 15) is 14.9 Å². The van der Waals surface area contributed by atoms with E-state index in [1.165, 1.54) is 12.1 Å². The molecule has 2 N–H and O–H groups in total. The molecule has 0 spiro atoms. The molecule has 1 aliphatic carbocycles. The fourth-order valence-electron chi connectivity index (χ4n) is 2.81. The van der Waals surface area contributed by atoms with E-state index in [2.05, 4.69) is 0 Å². The Hall–Kier alpha value is -1.66. The highest BCUT2D eigenvalue weighted by atomic mass is 35.5. The number of benzene rings is 1. The van der Waals surface area contributed by atoms with E-state index in [-0.39, 0.29) is 23.2 Å². The summed E-state index contributed by atoms with van der Waals surface area (Å²) in [6.45, 7) is 0.632. The third kappa shape index (κ3) is 4.15. The highest BCUT2D eigenvalue weighted by molar-refractivity contribution is 6.32. The number of primary amides is 1. The molecule has 0 saturated heterocycles. The summed E-state index contributed by atoms with van der Waals surface area (Å²) in [7, 11) is 0. The molecule has 2 rings (SSSR count). The second kappa shape index (κ2) is 6.87. The second-order valence-corrected chi connectivity index (χ2v) is 5.76. The molecule has 7 heteroatoms. The molecule has 0 aromatic heterocycles. The van der Waals surface area contributed by atoms with Crippen molar-refractivity contribution in [1.82, 2.24) is 4.90 Å². The predicted octanol–water partition coefficient (Wildman–Crippen LogP) is 2.48. The first kappa shape index (κ1) is 15.7. The van der Waals surface area contributed by atoms with Crippen LogP contribution in [0.3, 0.4) is 0 Å². The summed E-state index contributed by atoms with van der Waals surface area (Å²) in [5.74, 6) is -0.384. The Morgan fingerprint density at radius 3 is 2.67 bits per heavy atom. The molecule has 0 radical (unpaired) electrons. The average molecular weight is 312 g/mol. The fraction of sp³-hybridized carbons (Fsp3) is 0.500. The predicted molar refractivity (Wildman–Crippen MR) is 80.0 cm³/mol. The van der Waals surface area contributed by atoms with Crippen molar-refractivity contribution in [2.75, 3.05) is 6.54 Å². The monoisotopic (exact) mass is 311 g/mol. The van der Waals surface area contributed by atoms with Gasteiger partial charge in [0.1, 0.15) is 5.02 Å². The van der Waals surface area contributed by atoms with Gasteiger partial charge in [-0.3, -0.25) is 19.8 Å². The Morgan fingerprint density at radius 2 is 2.10 bits per heavy atom. The molecule has 21 heavy (non-hydrogen) atoms. The third-order valence-electron chi connectivity index (χ3n) is 3.79. The highest BCUT2D eigenvalue weighted by Gasteiger charge is 2.24. The molecule has 0 unspecified atom stereocenters. The van der Waals surface area contributed by atoms with Gasteiger partial charge in [-0.1, -0.05) is 30.5 Å². The number of carbonyl (C=O) groups excluding carboxylic acids is 1. The third-order valence-corrected chi connectivity index (χ3v) is 4.11. The lowest BCUT2D eigenvalue weighted by Gasteiger charge is -2.27. The standard InChI is InChI=1S/C14H18ClN3O3/c15-12-6-5-10(7-13(12)18(20)21)8-17(9-14(16)19)11-3-1-2-4-11/h5-7,11H,1-4,8-9H2,(H2,16,19). The zero-order valence-electron chi connectivity index (χ0n) is 11.6. The summed E-state index contributed by atoms with van der Waals surface area (Å²) in [6.07, 6.45) is 4.34. The normalized spacial score (nSPS) is 15.5. The minimum atomic E-state index is -0.500. The van der Waals surface area contributed by atoms with Gasteiger partial charge in [-0.25, -0.2) is 0 Å². The van der Waals surface area contributed by atoms with Crippen LogP contribution in [0.25, 0.3) is 0 Å². The van der Waals surface area contributed by atoms with E-state index in [1.54, 1.807) is 6.07 Å². The zero-order valence-corrected chi connectivity index (χ0v) is 12.4. The van der Waals surface area contributed by atoms with Crippen LogP contribution in [0.5, 0.6) is 0 Å². The topological polar surface area (TPSA) is 89.5 Å². The number of nitrogens with two attached hydrogens (primary N) is 1. The molecular formula is C14H18ClN3O3. The van der Waals surface area contributed by atoms with Crippen LogP contribution in [0.4, 0.5) is 5.69 Å². The van der Waals surface area contributed by atoms with Crippen LogP contribution >= 0.6 is 11.6 Å². The Kier molecular flexibility index (Phi) is 5.14. The van der Waals surface area contributed by atoms with E-state index in [4.69, 9.17) is 17.3 Å². The van der Waals surface area contributed by atoms with E-state index in [0.29, 0.717) is 12.6 Å². The summed E-state index contributed by atoms with van der Waals surface area (Å²) in [4.78, 5) is 23.7. The number of hydrogen-bond acceptors (Lipinski definition) is 4. The maximum absolute atomic E-state index is 11.2. The van der Waals surface area contributed by atoms with Crippen molar-refractivity contribution in [1.29, 1.82) is 0 Å². The molecule has 1 aromatic carbocycles.